The van der Waals surface area contributed by atoms with Gasteiger partial charge in [0.1, 0.15) is 19.3 Å². The van der Waals surface area contributed by atoms with Crippen molar-refractivity contribution < 1.29 is 9.47 Å². The Morgan fingerprint density at radius 3 is 2.68 bits per heavy atom. The number of ether oxygens (including phenoxy) is 2. The van der Waals surface area contributed by atoms with Crippen molar-refractivity contribution in [3.05, 3.63) is 22.7 Å². The first-order valence-corrected chi connectivity index (χ1v) is 6.90. The highest BCUT2D eigenvalue weighted by atomic mass is 35.5. The molecule has 0 bridgehead atoms. The smallest absolute Gasteiger partial charge is 0.179 e. The van der Waals surface area contributed by atoms with Crippen molar-refractivity contribution in [1.82, 2.24) is 4.90 Å². The number of rotatable bonds is 2. The largest absolute Gasteiger partial charge is 0.486 e. The summed E-state index contributed by atoms with van der Waals surface area (Å²) >= 11 is 6.22. The van der Waals surface area contributed by atoms with Gasteiger partial charge in [0.2, 0.25) is 0 Å². The molecule has 100 valence electrons. The predicted molar refractivity (Wildman–Crippen MR) is 71.6 cm³/mol. The van der Waals surface area contributed by atoms with E-state index in [1.165, 1.54) is 0 Å². The second-order valence-corrected chi connectivity index (χ2v) is 5.21. The van der Waals surface area contributed by atoms with Crippen LogP contribution < -0.4 is 9.47 Å². The summed E-state index contributed by atoms with van der Waals surface area (Å²) in [4.78, 5) is 2.18. The molecule has 0 aromatic heterocycles. The molecule has 2 heterocycles. The van der Waals surface area contributed by atoms with E-state index in [1.54, 1.807) is 0 Å². The van der Waals surface area contributed by atoms with Crippen molar-refractivity contribution in [3.8, 4) is 17.6 Å². The predicted octanol–water partition coefficient (Wildman–Crippen LogP) is 2.77. The Balaban J connectivity index is 1.95. The number of halogens is 1. The minimum atomic E-state index is -0.254. The maximum atomic E-state index is 9.43. The minimum absolute atomic E-state index is 0.254. The first-order chi connectivity index (χ1) is 9.29. The molecule has 1 fully saturated rings. The van der Waals surface area contributed by atoms with Gasteiger partial charge in [0.15, 0.2) is 11.5 Å². The van der Waals surface area contributed by atoms with E-state index < -0.39 is 0 Å². The maximum Gasteiger partial charge on any atom is 0.179 e. The number of nitriles is 1. The van der Waals surface area contributed by atoms with Gasteiger partial charge in [0, 0.05) is 0 Å². The molecule has 19 heavy (non-hydrogen) atoms. The van der Waals surface area contributed by atoms with E-state index in [4.69, 9.17) is 21.1 Å². The van der Waals surface area contributed by atoms with Crippen LogP contribution in [0.25, 0.3) is 0 Å². The Bertz CT molecular complexity index is 521. The highest BCUT2D eigenvalue weighted by Crippen LogP contribution is 2.40. The van der Waals surface area contributed by atoms with Gasteiger partial charge < -0.3 is 9.47 Å². The molecule has 2 aliphatic heterocycles. The second kappa shape index (κ2) is 5.28. The van der Waals surface area contributed by atoms with Gasteiger partial charge in [-0.3, -0.25) is 4.90 Å². The maximum absolute atomic E-state index is 9.43. The van der Waals surface area contributed by atoms with Crippen molar-refractivity contribution in [2.75, 3.05) is 26.3 Å². The number of hydrogen-bond donors (Lipinski definition) is 0. The van der Waals surface area contributed by atoms with E-state index in [-0.39, 0.29) is 6.04 Å². The fourth-order valence-corrected chi connectivity index (χ4v) is 2.93. The van der Waals surface area contributed by atoms with E-state index in [0.717, 1.165) is 31.5 Å². The molecular formula is C14H15ClN2O2. The Hall–Kier alpha value is -1.44. The van der Waals surface area contributed by atoms with Crippen molar-refractivity contribution in [2.45, 2.75) is 18.9 Å². The molecule has 1 atom stereocenters. The zero-order valence-corrected chi connectivity index (χ0v) is 11.3. The van der Waals surface area contributed by atoms with Crippen molar-refractivity contribution in [1.29, 1.82) is 5.26 Å². The lowest BCUT2D eigenvalue weighted by atomic mass is 10.1. The molecule has 0 aliphatic carbocycles. The molecule has 1 aromatic rings. The summed E-state index contributed by atoms with van der Waals surface area (Å²) in [5.74, 6) is 1.24. The van der Waals surface area contributed by atoms with Crippen LogP contribution in [-0.2, 0) is 0 Å². The molecule has 0 radical (unpaired) electrons. The Labute approximate surface area is 117 Å². The van der Waals surface area contributed by atoms with Gasteiger partial charge in [0.25, 0.3) is 0 Å². The van der Waals surface area contributed by atoms with E-state index in [2.05, 4.69) is 11.0 Å². The molecule has 0 saturated carbocycles. The van der Waals surface area contributed by atoms with Gasteiger partial charge in [-0.05, 0) is 43.6 Å². The van der Waals surface area contributed by atoms with Crippen LogP contribution in [0.3, 0.4) is 0 Å². The minimum Gasteiger partial charge on any atom is -0.486 e. The topological polar surface area (TPSA) is 45.5 Å². The summed E-state index contributed by atoms with van der Waals surface area (Å²) in [6, 6.07) is 5.81. The van der Waals surface area contributed by atoms with Gasteiger partial charge in [-0.1, -0.05) is 11.6 Å². The molecule has 0 amide bonds. The van der Waals surface area contributed by atoms with Crippen LogP contribution >= 0.6 is 11.6 Å². The summed E-state index contributed by atoms with van der Waals surface area (Å²) in [6.45, 7) is 2.96. The summed E-state index contributed by atoms with van der Waals surface area (Å²) in [6.07, 6.45) is 2.30. The lowest BCUT2D eigenvalue weighted by Crippen LogP contribution is -2.25. The molecule has 2 aliphatic rings. The Kier molecular flexibility index (Phi) is 3.50. The second-order valence-electron chi connectivity index (χ2n) is 4.80. The van der Waals surface area contributed by atoms with Crippen LogP contribution in [0.5, 0.6) is 11.5 Å². The fourth-order valence-electron chi connectivity index (χ4n) is 2.66. The van der Waals surface area contributed by atoms with Crippen LogP contribution in [0.1, 0.15) is 24.4 Å². The number of likely N-dealkylation sites (tertiary alicyclic amines) is 1. The third kappa shape index (κ3) is 2.36. The van der Waals surface area contributed by atoms with Crippen LogP contribution in [0.15, 0.2) is 12.1 Å². The molecule has 1 unspecified atom stereocenters. The first kappa shape index (κ1) is 12.6. The van der Waals surface area contributed by atoms with Gasteiger partial charge in [-0.25, -0.2) is 0 Å². The van der Waals surface area contributed by atoms with E-state index >= 15 is 0 Å². The van der Waals surface area contributed by atoms with E-state index in [0.29, 0.717) is 29.7 Å². The van der Waals surface area contributed by atoms with Crippen LogP contribution in [0.4, 0.5) is 0 Å². The molecule has 1 aromatic carbocycles. The zero-order valence-electron chi connectivity index (χ0n) is 10.6. The molecular weight excluding hydrogens is 264 g/mol. The van der Waals surface area contributed by atoms with E-state index in [9.17, 15) is 5.26 Å². The van der Waals surface area contributed by atoms with Crippen molar-refractivity contribution in [2.24, 2.45) is 0 Å². The summed E-state index contributed by atoms with van der Waals surface area (Å²) in [7, 11) is 0. The molecule has 0 spiro atoms. The van der Waals surface area contributed by atoms with Crippen LogP contribution in [-0.4, -0.2) is 31.2 Å². The third-order valence-electron chi connectivity index (χ3n) is 3.56. The highest BCUT2D eigenvalue weighted by molar-refractivity contribution is 6.32. The summed E-state index contributed by atoms with van der Waals surface area (Å²) in [5.41, 5.74) is 0.888. The van der Waals surface area contributed by atoms with Gasteiger partial charge >= 0.3 is 0 Å². The number of hydrogen-bond acceptors (Lipinski definition) is 4. The molecule has 3 rings (SSSR count). The molecule has 4 nitrogen and oxygen atoms in total. The lowest BCUT2D eigenvalue weighted by molar-refractivity contribution is 0.171. The normalized spacial score (nSPS) is 20.0. The average molecular weight is 279 g/mol. The van der Waals surface area contributed by atoms with Crippen LogP contribution in [0, 0.1) is 11.3 Å². The Morgan fingerprint density at radius 2 is 1.95 bits per heavy atom. The molecule has 5 heteroatoms. The van der Waals surface area contributed by atoms with Gasteiger partial charge in [0.05, 0.1) is 11.1 Å². The summed E-state index contributed by atoms with van der Waals surface area (Å²) in [5, 5.41) is 9.95. The first-order valence-electron chi connectivity index (χ1n) is 6.52. The summed E-state index contributed by atoms with van der Waals surface area (Å²) < 4.78 is 11.1. The van der Waals surface area contributed by atoms with Crippen molar-refractivity contribution in [3.63, 3.8) is 0 Å². The molecule has 1 saturated heterocycles. The zero-order chi connectivity index (χ0) is 13.2. The number of benzene rings is 1. The van der Waals surface area contributed by atoms with Crippen LogP contribution in [0.2, 0.25) is 5.02 Å². The SMILES string of the molecule is N#CC(c1cc(Cl)c2c(c1)OCCO2)N1CCCC1. The Morgan fingerprint density at radius 1 is 1.21 bits per heavy atom. The number of nitrogens with zero attached hydrogens (tertiary/aromatic N) is 2. The monoisotopic (exact) mass is 278 g/mol. The third-order valence-corrected chi connectivity index (χ3v) is 3.84. The highest BCUT2D eigenvalue weighted by Gasteiger charge is 2.26. The van der Waals surface area contributed by atoms with Gasteiger partial charge in [-0.2, -0.15) is 5.26 Å². The average Bonchev–Trinajstić information content (AvgIpc) is 2.94. The van der Waals surface area contributed by atoms with Gasteiger partial charge in [-0.15, -0.1) is 0 Å². The van der Waals surface area contributed by atoms with Crippen molar-refractivity contribution >= 4 is 11.6 Å². The number of fused-ring (bicyclic) bond motifs is 1. The quantitative estimate of drug-likeness (QED) is 0.834. The lowest BCUT2D eigenvalue weighted by Gasteiger charge is -2.25. The standard InChI is InChI=1S/C14H15ClN2O2/c15-11-7-10(8-13-14(11)19-6-5-18-13)12(9-16)17-3-1-2-4-17/h7-8,12H,1-6H2. The molecule has 0 N–H and O–H groups in total. The fraction of sp³-hybridized carbons (Fsp3) is 0.500. The van der Waals surface area contributed by atoms with E-state index in [1.807, 2.05) is 12.1 Å².